The second-order valence-corrected chi connectivity index (χ2v) is 5.76. The summed E-state index contributed by atoms with van der Waals surface area (Å²) >= 11 is 0. The van der Waals surface area contributed by atoms with E-state index in [0.717, 1.165) is 12.2 Å². The van der Waals surface area contributed by atoms with E-state index in [1.165, 1.54) is 5.56 Å². The fourth-order valence-electron chi connectivity index (χ4n) is 2.50. The maximum atomic E-state index is 12.3. The molecule has 0 aliphatic rings. The SMILES string of the molecule is N#Cc1cccc(NC(=O)c2ccc(OCCc3ccccc3)cc2)c1. The topological polar surface area (TPSA) is 62.1 Å². The molecule has 3 aromatic rings. The molecule has 0 saturated carbocycles. The Morgan fingerprint density at radius 1 is 0.962 bits per heavy atom. The third-order valence-electron chi connectivity index (χ3n) is 3.87. The van der Waals surface area contributed by atoms with E-state index in [-0.39, 0.29) is 5.91 Å². The summed E-state index contributed by atoms with van der Waals surface area (Å²) in [5, 5.41) is 11.7. The summed E-state index contributed by atoms with van der Waals surface area (Å²) < 4.78 is 5.73. The molecule has 0 radical (unpaired) electrons. The Morgan fingerprint density at radius 3 is 2.46 bits per heavy atom. The third-order valence-corrected chi connectivity index (χ3v) is 3.87. The summed E-state index contributed by atoms with van der Waals surface area (Å²) in [6, 6.07) is 26.0. The maximum absolute atomic E-state index is 12.3. The fraction of sp³-hybridized carbons (Fsp3) is 0.0909. The minimum absolute atomic E-state index is 0.226. The molecule has 0 unspecified atom stereocenters. The molecular formula is C22H18N2O2. The first-order chi connectivity index (χ1) is 12.7. The molecule has 4 nitrogen and oxygen atoms in total. The molecule has 26 heavy (non-hydrogen) atoms. The van der Waals surface area contributed by atoms with Gasteiger partial charge in [-0.05, 0) is 48.0 Å². The second-order valence-electron chi connectivity index (χ2n) is 5.76. The minimum atomic E-state index is -0.226. The molecule has 3 rings (SSSR count). The zero-order chi connectivity index (χ0) is 18.2. The summed E-state index contributed by atoms with van der Waals surface area (Å²) in [5.74, 6) is 0.500. The molecule has 1 amide bonds. The molecule has 0 heterocycles. The molecule has 0 bridgehead atoms. The first-order valence-electron chi connectivity index (χ1n) is 8.33. The van der Waals surface area contributed by atoms with Crippen LogP contribution in [0, 0.1) is 11.3 Å². The van der Waals surface area contributed by atoms with Crippen molar-refractivity contribution in [2.75, 3.05) is 11.9 Å². The highest BCUT2D eigenvalue weighted by atomic mass is 16.5. The van der Waals surface area contributed by atoms with Crippen LogP contribution in [0.1, 0.15) is 21.5 Å². The quantitative estimate of drug-likeness (QED) is 0.721. The number of nitriles is 1. The van der Waals surface area contributed by atoms with Gasteiger partial charge in [-0.3, -0.25) is 4.79 Å². The van der Waals surface area contributed by atoms with Crippen molar-refractivity contribution < 1.29 is 9.53 Å². The van der Waals surface area contributed by atoms with Crippen molar-refractivity contribution in [3.8, 4) is 11.8 Å². The highest BCUT2D eigenvalue weighted by Gasteiger charge is 2.07. The Kier molecular flexibility index (Phi) is 5.64. The summed E-state index contributed by atoms with van der Waals surface area (Å²) in [4.78, 5) is 12.3. The molecule has 1 N–H and O–H groups in total. The summed E-state index contributed by atoms with van der Waals surface area (Å²) in [6.45, 7) is 0.580. The number of anilines is 1. The highest BCUT2D eigenvalue weighted by molar-refractivity contribution is 6.04. The van der Waals surface area contributed by atoms with E-state index in [2.05, 4.69) is 23.5 Å². The Bertz CT molecular complexity index is 913. The zero-order valence-electron chi connectivity index (χ0n) is 14.2. The van der Waals surface area contributed by atoms with Gasteiger partial charge in [0.1, 0.15) is 5.75 Å². The lowest BCUT2D eigenvalue weighted by atomic mass is 10.1. The molecule has 4 heteroatoms. The number of benzene rings is 3. The van der Waals surface area contributed by atoms with Crippen molar-refractivity contribution >= 4 is 11.6 Å². The van der Waals surface area contributed by atoms with Gasteiger partial charge in [-0.1, -0.05) is 36.4 Å². The Labute approximate surface area is 152 Å². The van der Waals surface area contributed by atoms with Gasteiger partial charge < -0.3 is 10.1 Å². The van der Waals surface area contributed by atoms with Crippen LogP contribution in [0.15, 0.2) is 78.9 Å². The number of nitrogens with zero attached hydrogens (tertiary/aromatic N) is 1. The summed E-state index contributed by atoms with van der Waals surface area (Å²) in [6.07, 6.45) is 0.832. The zero-order valence-corrected chi connectivity index (χ0v) is 14.2. The van der Waals surface area contributed by atoms with Crippen molar-refractivity contribution in [1.29, 1.82) is 5.26 Å². The minimum Gasteiger partial charge on any atom is -0.493 e. The van der Waals surface area contributed by atoms with Crippen LogP contribution in [-0.2, 0) is 6.42 Å². The van der Waals surface area contributed by atoms with Crippen LogP contribution in [0.25, 0.3) is 0 Å². The van der Waals surface area contributed by atoms with Crippen LogP contribution in [0.2, 0.25) is 0 Å². The number of ether oxygens (including phenoxy) is 1. The molecular weight excluding hydrogens is 324 g/mol. The number of carbonyl (C=O) groups is 1. The number of hydrogen-bond acceptors (Lipinski definition) is 3. The van der Waals surface area contributed by atoms with Gasteiger partial charge >= 0.3 is 0 Å². The number of rotatable bonds is 6. The van der Waals surface area contributed by atoms with Gasteiger partial charge in [0.2, 0.25) is 0 Å². The largest absolute Gasteiger partial charge is 0.493 e. The van der Waals surface area contributed by atoms with E-state index in [9.17, 15) is 4.79 Å². The number of amides is 1. The first-order valence-corrected chi connectivity index (χ1v) is 8.33. The van der Waals surface area contributed by atoms with Crippen molar-refractivity contribution in [2.24, 2.45) is 0 Å². The molecule has 0 fully saturated rings. The summed E-state index contributed by atoms with van der Waals surface area (Å²) in [5.41, 5.74) is 2.85. The Hall–Kier alpha value is -3.58. The van der Waals surface area contributed by atoms with Gasteiger partial charge in [-0.15, -0.1) is 0 Å². The molecule has 0 aromatic heterocycles. The van der Waals surface area contributed by atoms with E-state index in [0.29, 0.717) is 23.4 Å². The van der Waals surface area contributed by atoms with Crippen LogP contribution >= 0.6 is 0 Å². The normalized spacial score (nSPS) is 9.96. The van der Waals surface area contributed by atoms with E-state index < -0.39 is 0 Å². The average Bonchev–Trinajstić information content (AvgIpc) is 2.69. The van der Waals surface area contributed by atoms with E-state index in [1.807, 2.05) is 18.2 Å². The number of nitrogens with one attached hydrogen (secondary N) is 1. The van der Waals surface area contributed by atoms with E-state index in [4.69, 9.17) is 10.00 Å². The predicted octanol–water partition coefficient (Wildman–Crippen LogP) is 4.43. The molecule has 0 atom stereocenters. The van der Waals surface area contributed by atoms with E-state index in [1.54, 1.807) is 48.5 Å². The molecule has 0 aliphatic heterocycles. The Morgan fingerprint density at radius 2 is 1.73 bits per heavy atom. The van der Waals surface area contributed by atoms with Crippen LogP contribution < -0.4 is 10.1 Å². The third kappa shape index (κ3) is 4.71. The average molecular weight is 342 g/mol. The smallest absolute Gasteiger partial charge is 0.255 e. The lowest BCUT2D eigenvalue weighted by Crippen LogP contribution is -2.11. The second kappa shape index (κ2) is 8.50. The standard InChI is InChI=1S/C22H18N2O2/c23-16-18-7-4-8-20(15-18)24-22(25)19-9-11-21(12-10-19)26-14-13-17-5-2-1-3-6-17/h1-12,15H,13-14H2,(H,24,25). The van der Waals surface area contributed by atoms with Gasteiger partial charge in [0, 0.05) is 17.7 Å². The molecule has 128 valence electrons. The number of carbonyl (C=O) groups excluding carboxylic acids is 1. The monoisotopic (exact) mass is 342 g/mol. The Balaban J connectivity index is 1.55. The van der Waals surface area contributed by atoms with Crippen LogP contribution in [0.4, 0.5) is 5.69 Å². The summed E-state index contributed by atoms with van der Waals surface area (Å²) in [7, 11) is 0. The van der Waals surface area contributed by atoms with Crippen molar-refractivity contribution in [1.82, 2.24) is 0 Å². The molecule has 3 aromatic carbocycles. The van der Waals surface area contributed by atoms with Crippen LogP contribution in [0.5, 0.6) is 5.75 Å². The highest BCUT2D eigenvalue weighted by Crippen LogP contribution is 2.15. The lowest BCUT2D eigenvalue weighted by Gasteiger charge is -2.08. The van der Waals surface area contributed by atoms with Crippen LogP contribution in [-0.4, -0.2) is 12.5 Å². The van der Waals surface area contributed by atoms with Gasteiger partial charge in [-0.25, -0.2) is 0 Å². The van der Waals surface area contributed by atoms with Crippen molar-refractivity contribution in [2.45, 2.75) is 6.42 Å². The first kappa shape index (κ1) is 17.2. The number of hydrogen-bond donors (Lipinski definition) is 1. The van der Waals surface area contributed by atoms with Crippen molar-refractivity contribution in [3.63, 3.8) is 0 Å². The molecule has 0 saturated heterocycles. The molecule has 0 spiro atoms. The van der Waals surface area contributed by atoms with Gasteiger partial charge in [0.15, 0.2) is 0 Å². The fourth-order valence-corrected chi connectivity index (χ4v) is 2.50. The van der Waals surface area contributed by atoms with Gasteiger partial charge in [-0.2, -0.15) is 5.26 Å². The van der Waals surface area contributed by atoms with E-state index >= 15 is 0 Å². The predicted molar refractivity (Wildman–Crippen MR) is 101 cm³/mol. The lowest BCUT2D eigenvalue weighted by molar-refractivity contribution is 0.102. The van der Waals surface area contributed by atoms with Crippen molar-refractivity contribution in [3.05, 3.63) is 95.6 Å². The maximum Gasteiger partial charge on any atom is 0.255 e. The van der Waals surface area contributed by atoms with Crippen LogP contribution in [0.3, 0.4) is 0 Å². The molecule has 0 aliphatic carbocycles. The van der Waals surface area contributed by atoms with Gasteiger partial charge in [0.25, 0.3) is 5.91 Å². The van der Waals surface area contributed by atoms with Gasteiger partial charge in [0.05, 0.1) is 18.2 Å².